The molecule has 0 amide bonds. The summed E-state index contributed by atoms with van der Waals surface area (Å²) in [6, 6.07) is 4.90. The monoisotopic (exact) mass is 254 g/mol. The topological polar surface area (TPSA) is 80.4 Å². The number of rotatable bonds is 2. The highest BCUT2D eigenvalue weighted by Gasteiger charge is 2.12. The molecule has 3 heterocycles. The van der Waals surface area contributed by atoms with Gasteiger partial charge in [-0.2, -0.15) is 0 Å². The van der Waals surface area contributed by atoms with Crippen LogP contribution in [0.4, 0.5) is 0 Å². The van der Waals surface area contributed by atoms with Crippen LogP contribution in [0.15, 0.2) is 36.8 Å². The number of carboxylic acid groups (broad SMARTS) is 1. The van der Waals surface area contributed by atoms with Crippen molar-refractivity contribution in [2.24, 2.45) is 0 Å². The van der Waals surface area contributed by atoms with Crippen LogP contribution >= 0.6 is 0 Å². The molecule has 0 spiro atoms. The van der Waals surface area contributed by atoms with E-state index in [4.69, 9.17) is 5.11 Å². The van der Waals surface area contributed by atoms with Gasteiger partial charge in [-0.05, 0) is 30.7 Å². The van der Waals surface area contributed by atoms with Crippen LogP contribution in [0.5, 0.6) is 0 Å². The zero-order chi connectivity index (χ0) is 13.4. The molecule has 0 saturated heterocycles. The molecule has 0 aliphatic carbocycles. The van der Waals surface area contributed by atoms with Gasteiger partial charge in [0.15, 0.2) is 11.5 Å². The smallest absolute Gasteiger partial charge is 0.335 e. The number of nitrogens with zero attached hydrogens (tertiary/aromatic N) is 4. The lowest BCUT2D eigenvalue weighted by Crippen LogP contribution is -1.98. The van der Waals surface area contributed by atoms with E-state index in [2.05, 4.69) is 15.2 Å². The SMILES string of the molecule is Cc1ccncc1-c1nnc2cc(C(=O)O)ccn12. The number of fused-ring (bicyclic) bond motifs is 1. The van der Waals surface area contributed by atoms with E-state index in [1.165, 1.54) is 12.1 Å². The van der Waals surface area contributed by atoms with Crippen molar-refractivity contribution < 1.29 is 9.90 Å². The van der Waals surface area contributed by atoms with E-state index >= 15 is 0 Å². The second-order valence-corrected chi connectivity index (χ2v) is 4.16. The second kappa shape index (κ2) is 4.16. The number of hydrogen-bond acceptors (Lipinski definition) is 4. The first-order chi connectivity index (χ1) is 9.16. The van der Waals surface area contributed by atoms with Crippen LogP contribution < -0.4 is 0 Å². The molecular weight excluding hydrogens is 244 g/mol. The third-order valence-corrected chi connectivity index (χ3v) is 2.94. The van der Waals surface area contributed by atoms with Crippen LogP contribution in [0.3, 0.4) is 0 Å². The van der Waals surface area contributed by atoms with Gasteiger partial charge in [0.1, 0.15) is 0 Å². The number of aromatic nitrogens is 4. The Kier molecular flexibility index (Phi) is 2.49. The summed E-state index contributed by atoms with van der Waals surface area (Å²) in [4.78, 5) is 15.0. The molecule has 6 heteroatoms. The van der Waals surface area contributed by atoms with Gasteiger partial charge in [0.05, 0.1) is 5.56 Å². The van der Waals surface area contributed by atoms with E-state index in [-0.39, 0.29) is 5.56 Å². The van der Waals surface area contributed by atoms with Crippen molar-refractivity contribution >= 4 is 11.6 Å². The van der Waals surface area contributed by atoms with Crippen LogP contribution in [0.2, 0.25) is 0 Å². The van der Waals surface area contributed by atoms with Crippen molar-refractivity contribution in [3.05, 3.63) is 47.9 Å². The molecule has 0 aliphatic heterocycles. The molecule has 0 unspecified atom stereocenters. The van der Waals surface area contributed by atoms with E-state index < -0.39 is 5.97 Å². The molecule has 3 aromatic rings. The summed E-state index contributed by atoms with van der Waals surface area (Å²) in [7, 11) is 0. The molecule has 0 saturated carbocycles. The second-order valence-electron chi connectivity index (χ2n) is 4.16. The van der Waals surface area contributed by atoms with Crippen molar-refractivity contribution in [1.29, 1.82) is 0 Å². The standard InChI is InChI=1S/C13H10N4O2/c1-8-2-4-14-7-10(8)12-16-15-11-6-9(13(18)19)3-5-17(11)12/h2-7H,1H3,(H,18,19). The highest BCUT2D eigenvalue weighted by atomic mass is 16.4. The Bertz CT molecular complexity index is 779. The Morgan fingerprint density at radius 2 is 2.16 bits per heavy atom. The zero-order valence-corrected chi connectivity index (χ0v) is 10.1. The minimum atomic E-state index is -0.982. The molecule has 0 bridgehead atoms. The highest BCUT2D eigenvalue weighted by molar-refractivity contribution is 5.88. The number of carboxylic acids is 1. The minimum absolute atomic E-state index is 0.189. The molecule has 1 N–H and O–H groups in total. The zero-order valence-electron chi connectivity index (χ0n) is 10.1. The van der Waals surface area contributed by atoms with E-state index in [1.54, 1.807) is 23.0 Å². The fourth-order valence-electron chi connectivity index (χ4n) is 1.91. The molecule has 3 aromatic heterocycles. The average Bonchev–Trinajstić information content (AvgIpc) is 2.82. The molecule has 0 radical (unpaired) electrons. The molecule has 0 aromatic carbocycles. The van der Waals surface area contributed by atoms with Crippen molar-refractivity contribution in [3.63, 3.8) is 0 Å². The first-order valence-electron chi connectivity index (χ1n) is 5.66. The summed E-state index contributed by atoms with van der Waals surface area (Å²) in [5.41, 5.74) is 2.59. The van der Waals surface area contributed by atoms with Crippen molar-refractivity contribution in [3.8, 4) is 11.4 Å². The van der Waals surface area contributed by atoms with E-state index in [0.29, 0.717) is 11.5 Å². The summed E-state index contributed by atoms with van der Waals surface area (Å²) in [5.74, 6) is -0.331. The van der Waals surface area contributed by atoms with E-state index in [0.717, 1.165) is 11.1 Å². The Hall–Kier alpha value is -2.76. The molecule has 0 fully saturated rings. The summed E-state index contributed by atoms with van der Waals surface area (Å²) in [6.07, 6.45) is 5.09. The van der Waals surface area contributed by atoms with Gasteiger partial charge in [-0.1, -0.05) is 0 Å². The first kappa shape index (κ1) is 11.3. The lowest BCUT2D eigenvalue weighted by molar-refractivity contribution is 0.0697. The maximum Gasteiger partial charge on any atom is 0.335 e. The molecule has 3 rings (SSSR count). The number of carbonyl (C=O) groups is 1. The lowest BCUT2D eigenvalue weighted by Gasteiger charge is -2.03. The summed E-state index contributed by atoms with van der Waals surface area (Å²) in [5, 5.41) is 17.1. The predicted molar refractivity (Wildman–Crippen MR) is 67.9 cm³/mol. The van der Waals surface area contributed by atoms with Gasteiger partial charge in [0, 0.05) is 24.2 Å². The Labute approximate surface area is 108 Å². The number of aromatic carboxylic acids is 1. The van der Waals surface area contributed by atoms with Crippen molar-refractivity contribution in [2.45, 2.75) is 6.92 Å². The third kappa shape index (κ3) is 1.83. The van der Waals surface area contributed by atoms with Crippen molar-refractivity contribution in [2.75, 3.05) is 0 Å². The fraction of sp³-hybridized carbons (Fsp3) is 0.0769. The van der Waals surface area contributed by atoms with Crippen LogP contribution in [0, 0.1) is 6.92 Å². The quantitative estimate of drug-likeness (QED) is 0.754. The van der Waals surface area contributed by atoms with E-state index in [9.17, 15) is 4.79 Å². The highest BCUT2D eigenvalue weighted by Crippen LogP contribution is 2.21. The molecule has 94 valence electrons. The fourth-order valence-corrected chi connectivity index (χ4v) is 1.91. The first-order valence-corrected chi connectivity index (χ1v) is 5.66. The number of hydrogen-bond donors (Lipinski definition) is 1. The molecule has 6 nitrogen and oxygen atoms in total. The Morgan fingerprint density at radius 1 is 1.32 bits per heavy atom. The maximum atomic E-state index is 10.9. The van der Waals surface area contributed by atoms with Gasteiger partial charge in [-0.25, -0.2) is 4.79 Å². The summed E-state index contributed by atoms with van der Waals surface area (Å²) in [6.45, 7) is 1.96. The van der Waals surface area contributed by atoms with E-state index in [1.807, 2.05) is 13.0 Å². The van der Waals surface area contributed by atoms with Gasteiger partial charge in [-0.3, -0.25) is 9.38 Å². The van der Waals surface area contributed by atoms with Crippen LogP contribution in [0.1, 0.15) is 15.9 Å². The normalized spacial score (nSPS) is 10.8. The van der Waals surface area contributed by atoms with Gasteiger partial charge < -0.3 is 5.11 Å². The average molecular weight is 254 g/mol. The van der Waals surface area contributed by atoms with Crippen LogP contribution in [-0.4, -0.2) is 30.7 Å². The summed E-state index contributed by atoms with van der Waals surface area (Å²) < 4.78 is 1.75. The molecular formula is C13H10N4O2. The van der Waals surface area contributed by atoms with Crippen LogP contribution in [-0.2, 0) is 0 Å². The van der Waals surface area contributed by atoms with Gasteiger partial charge in [0.2, 0.25) is 0 Å². The minimum Gasteiger partial charge on any atom is -0.478 e. The number of aryl methyl sites for hydroxylation is 1. The van der Waals surface area contributed by atoms with Gasteiger partial charge >= 0.3 is 5.97 Å². The van der Waals surface area contributed by atoms with Gasteiger partial charge in [-0.15, -0.1) is 10.2 Å². The maximum absolute atomic E-state index is 10.9. The van der Waals surface area contributed by atoms with Gasteiger partial charge in [0.25, 0.3) is 0 Å². The number of pyridine rings is 2. The molecule has 19 heavy (non-hydrogen) atoms. The predicted octanol–water partition coefficient (Wildman–Crippen LogP) is 1.80. The Morgan fingerprint density at radius 3 is 2.89 bits per heavy atom. The molecule has 0 aliphatic rings. The Balaban J connectivity index is 2.22. The largest absolute Gasteiger partial charge is 0.478 e. The summed E-state index contributed by atoms with van der Waals surface area (Å²) >= 11 is 0. The lowest BCUT2D eigenvalue weighted by atomic mass is 10.1. The third-order valence-electron chi connectivity index (χ3n) is 2.94. The molecule has 0 atom stereocenters. The van der Waals surface area contributed by atoms with Crippen molar-refractivity contribution in [1.82, 2.24) is 19.6 Å². The van der Waals surface area contributed by atoms with Crippen LogP contribution in [0.25, 0.3) is 17.0 Å².